The van der Waals surface area contributed by atoms with Crippen molar-refractivity contribution >= 4 is 17.8 Å². The normalized spacial score (nSPS) is 17.0. The fraction of sp³-hybridized carbons (Fsp3) is 0.800. The highest BCUT2D eigenvalue weighted by atomic mass is 16.5. The Hall–Kier alpha value is -1.59. The number of hydrogen-bond acceptors (Lipinski definition) is 4. The van der Waals surface area contributed by atoms with E-state index in [1.807, 2.05) is 13.8 Å². The maximum absolute atomic E-state index is 12.3. The summed E-state index contributed by atoms with van der Waals surface area (Å²) in [5.41, 5.74) is 0. The third kappa shape index (κ3) is 6.60. The maximum atomic E-state index is 12.3. The van der Waals surface area contributed by atoms with Crippen molar-refractivity contribution in [2.75, 3.05) is 7.11 Å². The lowest BCUT2D eigenvalue weighted by Gasteiger charge is -2.23. The predicted octanol–water partition coefficient (Wildman–Crippen LogP) is 0.995. The van der Waals surface area contributed by atoms with E-state index in [-0.39, 0.29) is 17.7 Å². The fourth-order valence-electron chi connectivity index (χ4n) is 2.26. The minimum absolute atomic E-state index is 0.257. The van der Waals surface area contributed by atoms with Gasteiger partial charge in [0.25, 0.3) is 0 Å². The second-order valence-electron chi connectivity index (χ2n) is 6.15. The number of carbonyl (C=O) groups excluding carboxylic acids is 3. The Morgan fingerprint density at radius 1 is 1.14 bits per heavy atom. The molecule has 2 N–H and O–H groups in total. The molecule has 0 aliphatic heterocycles. The lowest BCUT2D eigenvalue weighted by Crippen LogP contribution is -2.52. The Labute approximate surface area is 126 Å². The fourth-order valence-corrected chi connectivity index (χ4v) is 2.26. The summed E-state index contributed by atoms with van der Waals surface area (Å²) in [6.07, 6.45) is 3.31. The van der Waals surface area contributed by atoms with E-state index in [2.05, 4.69) is 10.6 Å². The summed E-state index contributed by atoms with van der Waals surface area (Å²) in [5, 5.41) is 5.36. The summed E-state index contributed by atoms with van der Waals surface area (Å²) < 4.78 is 4.74. The van der Waals surface area contributed by atoms with Crippen LogP contribution in [0.25, 0.3) is 0 Å². The molecule has 0 bridgehead atoms. The molecule has 0 unspecified atom stereocenters. The van der Waals surface area contributed by atoms with Crippen LogP contribution in [-0.2, 0) is 19.1 Å². The van der Waals surface area contributed by atoms with Crippen LogP contribution >= 0.6 is 0 Å². The van der Waals surface area contributed by atoms with Gasteiger partial charge in [-0.2, -0.15) is 0 Å². The second kappa shape index (κ2) is 8.00. The van der Waals surface area contributed by atoms with Crippen molar-refractivity contribution in [3.05, 3.63) is 0 Å². The van der Waals surface area contributed by atoms with E-state index in [9.17, 15) is 14.4 Å². The van der Waals surface area contributed by atoms with Crippen LogP contribution in [0.4, 0.5) is 0 Å². The Morgan fingerprint density at radius 2 is 1.76 bits per heavy atom. The Bertz CT molecular complexity index is 391. The van der Waals surface area contributed by atoms with Gasteiger partial charge < -0.3 is 15.4 Å². The zero-order valence-electron chi connectivity index (χ0n) is 13.3. The lowest BCUT2D eigenvalue weighted by molar-refractivity contribution is -0.145. The molecule has 0 aromatic carbocycles. The molecule has 0 saturated heterocycles. The van der Waals surface area contributed by atoms with Crippen LogP contribution < -0.4 is 10.6 Å². The van der Waals surface area contributed by atoms with Gasteiger partial charge in [-0.05, 0) is 24.7 Å². The average molecular weight is 298 g/mol. The second-order valence-corrected chi connectivity index (χ2v) is 6.15. The molecule has 6 nitrogen and oxygen atoms in total. The van der Waals surface area contributed by atoms with Crippen molar-refractivity contribution in [2.24, 2.45) is 11.8 Å². The quantitative estimate of drug-likeness (QED) is 0.655. The van der Waals surface area contributed by atoms with E-state index >= 15 is 0 Å². The molecule has 0 heterocycles. The van der Waals surface area contributed by atoms with Gasteiger partial charge in [-0.25, -0.2) is 4.79 Å². The molecular weight excluding hydrogens is 272 g/mol. The molecule has 1 fully saturated rings. The number of nitrogens with one attached hydrogen (secondary N) is 2. The average Bonchev–Trinajstić information content (AvgIpc) is 3.19. The molecule has 0 radical (unpaired) electrons. The van der Waals surface area contributed by atoms with Crippen molar-refractivity contribution in [3.63, 3.8) is 0 Å². The molecular formula is C15H26N2O4. The predicted molar refractivity (Wildman–Crippen MR) is 78.3 cm³/mol. The Balaban J connectivity index is 2.65. The summed E-state index contributed by atoms with van der Waals surface area (Å²) in [4.78, 5) is 35.3. The van der Waals surface area contributed by atoms with Gasteiger partial charge in [-0.1, -0.05) is 26.7 Å². The van der Waals surface area contributed by atoms with Crippen LogP contribution in [0.1, 0.15) is 46.5 Å². The number of hydrogen-bond donors (Lipinski definition) is 2. The first-order chi connectivity index (χ1) is 9.83. The molecule has 0 spiro atoms. The van der Waals surface area contributed by atoms with Gasteiger partial charge >= 0.3 is 5.97 Å². The Morgan fingerprint density at radius 3 is 2.19 bits per heavy atom. The summed E-state index contributed by atoms with van der Waals surface area (Å²) >= 11 is 0. The van der Waals surface area contributed by atoms with Crippen molar-refractivity contribution in [1.82, 2.24) is 10.6 Å². The topological polar surface area (TPSA) is 84.5 Å². The van der Waals surface area contributed by atoms with Gasteiger partial charge in [0.1, 0.15) is 12.1 Å². The standard InChI is InChI=1S/C15H26N2O4/c1-9(2)7-12(16-10(3)18)14(19)17-13(15(20)21-4)8-11-5-6-11/h9,11-13H,5-8H2,1-4H3,(H,16,18)(H,17,19)/t12-,13+/m0/s1. The summed E-state index contributed by atoms with van der Waals surface area (Å²) in [5.74, 6) is -0.268. The van der Waals surface area contributed by atoms with Gasteiger partial charge in [-0.15, -0.1) is 0 Å². The maximum Gasteiger partial charge on any atom is 0.328 e. The zero-order valence-corrected chi connectivity index (χ0v) is 13.3. The minimum Gasteiger partial charge on any atom is -0.467 e. The molecule has 0 aromatic heterocycles. The molecule has 21 heavy (non-hydrogen) atoms. The van der Waals surface area contributed by atoms with Crippen LogP contribution in [0, 0.1) is 11.8 Å². The van der Waals surface area contributed by atoms with Gasteiger partial charge in [-0.3, -0.25) is 9.59 Å². The molecule has 1 aliphatic carbocycles. The smallest absolute Gasteiger partial charge is 0.328 e. The van der Waals surface area contributed by atoms with E-state index in [1.54, 1.807) is 0 Å². The van der Waals surface area contributed by atoms with Crippen LogP contribution in [0.15, 0.2) is 0 Å². The molecule has 6 heteroatoms. The third-order valence-electron chi connectivity index (χ3n) is 3.47. The van der Waals surface area contributed by atoms with Crippen molar-refractivity contribution in [2.45, 2.75) is 58.5 Å². The highest BCUT2D eigenvalue weighted by Crippen LogP contribution is 2.33. The summed E-state index contributed by atoms with van der Waals surface area (Å²) in [6, 6.07) is -1.24. The van der Waals surface area contributed by atoms with Crippen molar-refractivity contribution in [1.29, 1.82) is 0 Å². The highest BCUT2D eigenvalue weighted by Gasteiger charge is 2.32. The number of methoxy groups -OCH3 is 1. The van der Waals surface area contributed by atoms with E-state index in [0.717, 1.165) is 12.8 Å². The Kier molecular flexibility index (Phi) is 6.65. The molecule has 2 atom stereocenters. The minimum atomic E-state index is -0.626. The molecule has 1 saturated carbocycles. The number of carbonyl (C=O) groups is 3. The number of rotatable bonds is 8. The summed E-state index contributed by atoms with van der Waals surface area (Å²) in [6.45, 7) is 5.33. The molecule has 2 amide bonds. The third-order valence-corrected chi connectivity index (χ3v) is 3.47. The van der Waals surface area contributed by atoms with Gasteiger partial charge in [0.05, 0.1) is 7.11 Å². The number of amides is 2. The molecule has 1 rings (SSSR count). The first-order valence-electron chi connectivity index (χ1n) is 7.48. The molecule has 1 aliphatic rings. The SMILES string of the molecule is COC(=O)[C@@H](CC1CC1)NC(=O)[C@H](CC(C)C)NC(C)=O. The van der Waals surface area contributed by atoms with Gasteiger partial charge in [0.15, 0.2) is 0 Å². The first kappa shape index (κ1) is 17.5. The van der Waals surface area contributed by atoms with Crippen molar-refractivity contribution < 1.29 is 19.1 Å². The van der Waals surface area contributed by atoms with Crippen LogP contribution in [0.5, 0.6) is 0 Å². The van der Waals surface area contributed by atoms with E-state index in [4.69, 9.17) is 4.74 Å². The van der Waals surface area contributed by atoms with Crippen LogP contribution in [0.2, 0.25) is 0 Å². The van der Waals surface area contributed by atoms with Gasteiger partial charge in [0.2, 0.25) is 11.8 Å². The highest BCUT2D eigenvalue weighted by molar-refractivity contribution is 5.90. The summed E-state index contributed by atoms with van der Waals surface area (Å²) in [7, 11) is 1.31. The monoisotopic (exact) mass is 298 g/mol. The van der Waals surface area contributed by atoms with E-state index in [0.29, 0.717) is 18.8 Å². The lowest BCUT2D eigenvalue weighted by atomic mass is 10.0. The zero-order chi connectivity index (χ0) is 16.0. The van der Waals surface area contributed by atoms with Crippen LogP contribution in [-0.4, -0.2) is 37.0 Å². The number of ether oxygens (including phenoxy) is 1. The molecule has 0 aromatic rings. The largest absolute Gasteiger partial charge is 0.467 e. The molecule has 120 valence electrons. The first-order valence-corrected chi connectivity index (χ1v) is 7.48. The van der Waals surface area contributed by atoms with E-state index < -0.39 is 18.1 Å². The van der Waals surface area contributed by atoms with Crippen molar-refractivity contribution in [3.8, 4) is 0 Å². The number of esters is 1. The van der Waals surface area contributed by atoms with Crippen LogP contribution in [0.3, 0.4) is 0 Å². The van der Waals surface area contributed by atoms with E-state index in [1.165, 1.54) is 14.0 Å². The van der Waals surface area contributed by atoms with Gasteiger partial charge in [0, 0.05) is 6.92 Å².